The summed E-state index contributed by atoms with van der Waals surface area (Å²) in [5.41, 5.74) is 9.25. The molecule has 1 saturated heterocycles. The molecule has 11 heteroatoms. The van der Waals surface area contributed by atoms with Crippen LogP contribution in [0.2, 0.25) is 5.02 Å². The molecule has 0 spiro atoms. The SMILES string of the molecule is CN1NNN=C1CC1CCCCC1N1CCN(C(=O)[C@H](Cc2ccc(Cl)cc2)NC(=O)C2Cc3ccccc3CN2)CC1. The lowest BCUT2D eigenvalue weighted by molar-refractivity contribution is -0.139. The first kappa shape index (κ1) is 29.9. The van der Waals surface area contributed by atoms with Crippen LogP contribution in [0.4, 0.5) is 0 Å². The molecule has 43 heavy (non-hydrogen) atoms. The normalized spacial score (nSPS) is 25.0. The summed E-state index contributed by atoms with van der Waals surface area (Å²) in [6, 6.07) is 15.2. The summed E-state index contributed by atoms with van der Waals surface area (Å²) < 4.78 is 0. The van der Waals surface area contributed by atoms with Gasteiger partial charge in [-0.25, -0.2) is 5.53 Å². The van der Waals surface area contributed by atoms with Crippen molar-refractivity contribution >= 4 is 29.3 Å². The summed E-state index contributed by atoms with van der Waals surface area (Å²) in [7, 11) is 1.99. The number of carbonyl (C=O) groups excluding carboxylic acids is 2. The Bertz CT molecular complexity index is 1310. The van der Waals surface area contributed by atoms with Crippen LogP contribution >= 0.6 is 11.6 Å². The zero-order valence-electron chi connectivity index (χ0n) is 24.9. The predicted molar refractivity (Wildman–Crippen MR) is 168 cm³/mol. The largest absolute Gasteiger partial charge is 0.343 e. The molecule has 10 nitrogen and oxygen atoms in total. The van der Waals surface area contributed by atoms with Crippen LogP contribution < -0.4 is 21.7 Å². The Morgan fingerprint density at radius 2 is 1.77 bits per heavy atom. The summed E-state index contributed by atoms with van der Waals surface area (Å²) >= 11 is 6.13. The number of piperazine rings is 1. The van der Waals surface area contributed by atoms with Gasteiger partial charge in [0.15, 0.2) is 0 Å². The van der Waals surface area contributed by atoms with Gasteiger partial charge in [0, 0.05) is 63.7 Å². The molecular formula is C32H43ClN8O2. The van der Waals surface area contributed by atoms with Crippen LogP contribution in [-0.4, -0.2) is 83.8 Å². The highest BCUT2D eigenvalue weighted by atomic mass is 35.5. The Kier molecular flexibility index (Phi) is 9.47. The van der Waals surface area contributed by atoms with E-state index in [1.807, 2.05) is 53.4 Å². The molecule has 4 N–H and O–H groups in total. The molecule has 4 atom stereocenters. The quantitative estimate of drug-likeness (QED) is 0.366. The fourth-order valence-corrected chi connectivity index (χ4v) is 7.22. The maximum atomic E-state index is 14.0. The number of hydrazine groups is 2. The highest BCUT2D eigenvalue weighted by Crippen LogP contribution is 2.32. The Balaban J connectivity index is 1.10. The predicted octanol–water partition coefficient (Wildman–Crippen LogP) is 2.44. The summed E-state index contributed by atoms with van der Waals surface area (Å²) in [4.78, 5) is 32.1. The Labute approximate surface area is 259 Å². The van der Waals surface area contributed by atoms with Crippen LogP contribution in [0.1, 0.15) is 48.8 Å². The van der Waals surface area contributed by atoms with Crippen molar-refractivity contribution in [2.45, 2.75) is 69.6 Å². The molecule has 0 bridgehead atoms. The first-order valence-electron chi connectivity index (χ1n) is 15.6. The minimum atomic E-state index is -0.641. The number of benzene rings is 2. The number of rotatable bonds is 8. The van der Waals surface area contributed by atoms with E-state index in [1.54, 1.807) is 0 Å². The fraction of sp³-hybridized carbons (Fsp3) is 0.531. The van der Waals surface area contributed by atoms with E-state index in [0.717, 1.165) is 30.9 Å². The number of halogens is 1. The highest BCUT2D eigenvalue weighted by molar-refractivity contribution is 6.30. The molecule has 2 aromatic rings. The highest BCUT2D eigenvalue weighted by Gasteiger charge is 2.36. The van der Waals surface area contributed by atoms with Crippen LogP contribution in [0.25, 0.3) is 0 Å². The van der Waals surface area contributed by atoms with Crippen LogP contribution in [0, 0.1) is 5.92 Å². The summed E-state index contributed by atoms with van der Waals surface area (Å²) in [5, 5.41) is 13.5. The van der Waals surface area contributed by atoms with Crippen molar-refractivity contribution in [1.29, 1.82) is 0 Å². The maximum Gasteiger partial charge on any atom is 0.245 e. The Morgan fingerprint density at radius 3 is 2.51 bits per heavy atom. The van der Waals surface area contributed by atoms with E-state index in [9.17, 15) is 9.59 Å². The van der Waals surface area contributed by atoms with E-state index < -0.39 is 6.04 Å². The third kappa shape index (κ3) is 7.15. The molecule has 0 radical (unpaired) electrons. The third-order valence-electron chi connectivity index (χ3n) is 9.56. The molecule has 1 saturated carbocycles. The molecule has 2 amide bonds. The van der Waals surface area contributed by atoms with Crippen molar-refractivity contribution in [2.24, 2.45) is 11.0 Å². The fourth-order valence-electron chi connectivity index (χ4n) is 7.09. The van der Waals surface area contributed by atoms with E-state index in [0.29, 0.717) is 49.5 Å². The van der Waals surface area contributed by atoms with Gasteiger partial charge in [0.05, 0.1) is 6.04 Å². The van der Waals surface area contributed by atoms with Crippen molar-refractivity contribution in [3.63, 3.8) is 0 Å². The molecule has 3 aliphatic heterocycles. The minimum absolute atomic E-state index is 0.0153. The second-order valence-electron chi connectivity index (χ2n) is 12.3. The van der Waals surface area contributed by atoms with Gasteiger partial charge in [-0.2, -0.15) is 0 Å². The molecule has 6 rings (SSSR count). The van der Waals surface area contributed by atoms with Gasteiger partial charge >= 0.3 is 0 Å². The first-order chi connectivity index (χ1) is 20.9. The van der Waals surface area contributed by atoms with Gasteiger partial charge in [-0.1, -0.05) is 60.8 Å². The van der Waals surface area contributed by atoms with Crippen molar-refractivity contribution in [3.05, 3.63) is 70.2 Å². The van der Waals surface area contributed by atoms with Gasteiger partial charge in [-0.05, 0) is 54.0 Å². The first-order valence-corrected chi connectivity index (χ1v) is 16.0. The van der Waals surface area contributed by atoms with Crippen molar-refractivity contribution in [1.82, 2.24) is 36.5 Å². The summed E-state index contributed by atoms with van der Waals surface area (Å²) in [6.45, 7) is 3.65. The average Bonchev–Trinajstić information content (AvgIpc) is 3.45. The lowest BCUT2D eigenvalue weighted by Gasteiger charge is -2.45. The second kappa shape index (κ2) is 13.6. The van der Waals surface area contributed by atoms with Crippen molar-refractivity contribution in [2.75, 3.05) is 33.2 Å². The molecular weight excluding hydrogens is 564 g/mol. The number of nitrogens with one attached hydrogen (secondary N) is 4. The lowest BCUT2D eigenvalue weighted by Crippen LogP contribution is -2.59. The average molecular weight is 607 g/mol. The van der Waals surface area contributed by atoms with Crippen molar-refractivity contribution < 1.29 is 9.59 Å². The third-order valence-corrected chi connectivity index (χ3v) is 9.82. The van der Waals surface area contributed by atoms with Crippen LogP contribution in [-0.2, 0) is 29.0 Å². The second-order valence-corrected chi connectivity index (χ2v) is 12.7. The molecule has 4 aliphatic rings. The van der Waals surface area contributed by atoms with E-state index >= 15 is 0 Å². The van der Waals surface area contributed by atoms with Crippen molar-refractivity contribution in [3.8, 4) is 0 Å². The van der Waals surface area contributed by atoms with Gasteiger partial charge in [-0.15, -0.1) is 10.6 Å². The number of carbonyl (C=O) groups is 2. The number of hydrazone groups is 1. The number of amidine groups is 1. The molecule has 2 fully saturated rings. The van der Waals surface area contributed by atoms with Gasteiger partial charge in [0.2, 0.25) is 11.8 Å². The number of fused-ring (bicyclic) bond motifs is 1. The van der Waals surface area contributed by atoms with Crippen LogP contribution in [0.15, 0.2) is 53.6 Å². The smallest absolute Gasteiger partial charge is 0.245 e. The van der Waals surface area contributed by atoms with E-state index in [2.05, 4.69) is 43.8 Å². The van der Waals surface area contributed by atoms with E-state index in [1.165, 1.54) is 36.8 Å². The van der Waals surface area contributed by atoms with Gasteiger partial charge in [0.1, 0.15) is 11.9 Å². The molecule has 0 aromatic heterocycles. The zero-order chi connectivity index (χ0) is 29.8. The van der Waals surface area contributed by atoms with Crippen LogP contribution in [0.3, 0.4) is 0 Å². The Hall–Kier alpha value is -3.18. The molecule has 1 aliphatic carbocycles. The van der Waals surface area contributed by atoms with Gasteiger partial charge in [-0.3, -0.25) is 19.5 Å². The number of hydrogen-bond acceptors (Lipinski definition) is 8. The van der Waals surface area contributed by atoms with Crippen LogP contribution in [0.5, 0.6) is 0 Å². The van der Waals surface area contributed by atoms with Gasteiger partial charge in [0.25, 0.3) is 0 Å². The number of hydrogen-bond donors (Lipinski definition) is 4. The molecule has 3 unspecified atom stereocenters. The summed E-state index contributed by atoms with van der Waals surface area (Å²) in [5.74, 6) is 1.44. The zero-order valence-corrected chi connectivity index (χ0v) is 25.7. The topological polar surface area (TPSA) is 104 Å². The lowest BCUT2D eigenvalue weighted by atomic mass is 9.81. The molecule has 230 valence electrons. The van der Waals surface area contributed by atoms with E-state index in [4.69, 9.17) is 11.6 Å². The maximum absolute atomic E-state index is 14.0. The molecule has 3 heterocycles. The standard InChI is InChI=1S/C32H43ClN8O2/c1-39-30(36-37-38-39)20-24-7-4-5-9-29(24)40-14-16-41(17-15-40)32(43)28(18-22-10-12-26(33)13-11-22)35-31(42)27-19-23-6-2-3-8-25(23)21-34-27/h2-3,6,8,10-13,24,27-29,34,37-38H,4-5,7,9,14-21H2,1H3,(H,35,42)/t24?,27?,28-,29?/m0/s1. The minimum Gasteiger partial charge on any atom is -0.343 e. The van der Waals surface area contributed by atoms with Gasteiger partial charge < -0.3 is 15.5 Å². The Morgan fingerprint density at radius 1 is 1.02 bits per heavy atom. The molecule has 2 aromatic carbocycles. The number of nitrogens with zero attached hydrogens (tertiary/aromatic N) is 4. The van der Waals surface area contributed by atoms with E-state index in [-0.39, 0.29) is 17.9 Å². The number of amides is 2. The monoisotopic (exact) mass is 606 g/mol. The summed E-state index contributed by atoms with van der Waals surface area (Å²) in [6.07, 6.45) is 6.86.